The van der Waals surface area contributed by atoms with E-state index in [-0.39, 0.29) is 18.2 Å². The van der Waals surface area contributed by atoms with Crippen molar-refractivity contribution in [2.45, 2.75) is 26.4 Å². The molecule has 0 fully saturated rings. The molecule has 5 rings (SSSR count). The lowest BCUT2D eigenvalue weighted by Gasteiger charge is -2.20. The van der Waals surface area contributed by atoms with Crippen LogP contribution in [-0.4, -0.2) is 40.9 Å². The molecule has 2 aromatic carbocycles. The number of methoxy groups -OCH3 is 1. The summed E-state index contributed by atoms with van der Waals surface area (Å²) in [5.74, 6) is 2.03. The van der Waals surface area contributed by atoms with Crippen molar-refractivity contribution in [3.05, 3.63) is 53.1 Å². The molecule has 0 aliphatic carbocycles. The van der Waals surface area contributed by atoms with Crippen molar-refractivity contribution in [1.82, 2.24) is 5.01 Å². The maximum atomic E-state index is 12.6. The van der Waals surface area contributed by atoms with Gasteiger partial charge in [-0.15, -0.1) is 0 Å². The van der Waals surface area contributed by atoms with E-state index in [0.717, 1.165) is 29.2 Å². The summed E-state index contributed by atoms with van der Waals surface area (Å²) >= 11 is 1.34. The number of carbonyl (C=O) groups excluding carboxylic acids is 1. The van der Waals surface area contributed by atoms with E-state index in [0.29, 0.717) is 34.6 Å². The lowest BCUT2D eigenvalue weighted by Crippen LogP contribution is -2.35. The third-order valence-corrected chi connectivity index (χ3v) is 6.26. The molecule has 1 amide bonds. The van der Waals surface area contributed by atoms with Gasteiger partial charge in [-0.3, -0.25) is 10.2 Å². The van der Waals surface area contributed by atoms with Crippen molar-refractivity contribution >= 4 is 39.8 Å². The van der Waals surface area contributed by atoms with Crippen LogP contribution in [0.5, 0.6) is 23.0 Å². The van der Waals surface area contributed by atoms with E-state index in [2.05, 4.69) is 17.0 Å². The summed E-state index contributed by atoms with van der Waals surface area (Å²) in [6.45, 7) is 2.60. The Morgan fingerprint density at radius 2 is 2.03 bits per heavy atom. The molecule has 10 heteroatoms. The third-order valence-electron chi connectivity index (χ3n) is 5.29. The van der Waals surface area contributed by atoms with Crippen LogP contribution in [0.1, 0.15) is 30.9 Å². The van der Waals surface area contributed by atoms with Gasteiger partial charge in [0.15, 0.2) is 28.8 Å². The first-order valence-corrected chi connectivity index (χ1v) is 11.6. The molecule has 3 aliphatic heterocycles. The molecule has 2 aromatic rings. The lowest BCUT2D eigenvalue weighted by atomic mass is 10.1. The summed E-state index contributed by atoms with van der Waals surface area (Å²) in [6.07, 6.45) is 3.33. The van der Waals surface area contributed by atoms with Crippen LogP contribution in [0.15, 0.2) is 52.1 Å². The number of benzene rings is 2. The monoisotopic (exact) mass is 478 g/mol. The highest BCUT2D eigenvalue weighted by atomic mass is 32.2. The van der Waals surface area contributed by atoms with Crippen LogP contribution < -0.4 is 18.9 Å². The van der Waals surface area contributed by atoms with E-state index < -0.39 is 5.91 Å². The number of nitrogens with zero attached hydrogens (tertiary/aromatic N) is 3. The van der Waals surface area contributed by atoms with Crippen molar-refractivity contribution in [2.75, 3.05) is 13.9 Å². The Labute approximate surface area is 200 Å². The fraction of sp³-hybridized carbons (Fsp3) is 0.250. The van der Waals surface area contributed by atoms with Gasteiger partial charge in [0, 0.05) is 0 Å². The average molecular weight is 479 g/mol. The summed E-state index contributed by atoms with van der Waals surface area (Å²) in [6, 6.07) is 11.0. The zero-order valence-corrected chi connectivity index (χ0v) is 19.5. The Balaban J connectivity index is 1.34. The molecule has 0 saturated heterocycles. The van der Waals surface area contributed by atoms with Gasteiger partial charge < -0.3 is 18.9 Å². The first kappa shape index (κ1) is 22.0. The number of hydrazone groups is 1. The van der Waals surface area contributed by atoms with Crippen LogP contribution in [0.2, 0.25) is 0 Å². The van der Waals surface area contributed by atoms with Gasteiger partial charge in [-0.1, -0.05) is 19.1 Å². The molecule has 34 heavy (non-hydrogen) atoms. The van der Waals surface area contributed by atoms with E-state index in [1.807, 2.05) is 18.2 Å². The van der Waals surface area contributed by atoms with E-state index in [1.54, 1.807) is 31.4 Å². The van der Waals surface area contributed by atoms with Gasteiger partial charge in [-0.05, 0) is 66.1 Å². The molecular weight excluding hydrogens is 456 g/mol. The SMILES string of the molecule is CCCC1=NN2C(=N)/C(=C\c3ccc(OCc4ccc5c(c4)OCO5)c(OC)c3)C(=O)N=C2S1. The molecule has 0 atom stereocenters. The first-order valence-electron chi connectivity index (χ1n) is 10.7. The Morgan fingerprint density at radius 1 is 1.18 bits per heavy atom. The van der Waals surface area contributed by atoms with Crippen LogP contribution >= 0.6 is 11.8 Å². The third kappa shape index (κ3) is 4.24. The summed E-state index contributed by atoms with van der Waals surface area (Å²) in [4.78, 5) is 16.7. The maximum absolute atomic E-state index is 12.6. The second kappa shape index (κ2) is 9.22. The number of hydrogen-bond acceptors (Lipinski definition) is 8. The molecule has 0 aromatic heterocycles. The van der Waals surface area contributed by atoms with E-state index in [9.17, 15) is 4.79 Å². The van der Waals surface area contributed by atoms with E-state index >= 15 is 0 Å². The van der Waals surface area contributed by atoms with Crippen LogP contribution in [0.3, 0.4) is 0 Å². The first-order chi connectivity index (χ1) is 16.6. The Kier molecular flexibility index (Phi) is 5.97. The van der Waals surface area contributed by atoms with Crippen molar-refractivity contribution in [2.24, 2.45) is 10.1 Å². The molecule has 9 nitrogen and oxygen atoms in total. The van der Waals surface area contributed by atoms with E-state index in [1.165, 1.54) is 16.8 Å². The van der Waals surface area contributed by atoms with Gasteiger partial charge in [-0.2, -0.15) is 15.1 Å². The molecule has 0 bridgehead atoms. The number of fused-ring (bicyclic) bond motifs is 2. The number of amidine groups is 2. The second-order valence-corrected chi connectivity index (χ2v) is 8.69. The summed E-state index contributed by atoms with van der Waals surface area (Å²) in [5, 5.41) is 15.6. The molecule has 3 aliphatic rings. The minimum atomic E-state index is -0.459. The fourth-order valence-corrected chi connectivity index (χ4v) is 4.58. The predicted molar refractivity (Wildman–Crippen MR) is 130 cm³/mol. The van der Waals surface area contributed by atoms with Crippen LogP contribution in [0.4, 0.5) is 0 Å². The minimum Gasteiger partial charge on any atom is -0.493 e. The highest BCUT2D eigenvalue weighted by Crippen LogP contribution is 2.35. The van der Waals surface area contributed by atoms with Crippen LogP contribution in [0, 0.1) is 5.41 Å². The smallest absolute Gasteiger partial charge is 0.283 e. The molecule has 0 unspecified atom stereocenters. The number of amides is 1. The van der Waals surface area contributed by atoms with Gasteiger partial charge >= 0.3 is 0 Å². The van der Waals surface area contributed by atoms with Crippen molar-refractivity contribution < 1.29 is 23.7 Å². The number of ether oxygens (including phenoxy) is 4. The number of nitrogens with one attached hydrogen (secondary N) is 1. The molecule has 0 radical (unpaired) electrons. The standard InChI is InChI=1S/C24H22N4O5S/c1-3-4-21-27-28-22(25)16(23(29)26-24(28)34-21)9-14-5-7-17(19(10-14)30-2)31-12-15-6-8-18-20(11-15)33-13-32-18/h5-11,25H,3-4,12-13H2,1-2H3/b16-9+,25-22?. The normalized spacial score (nSPS) is 17.6. The Morgan fingerprint density at radius 3 is 2.85 bits per heavy atom. The zero-order chi connectivity index (χ0) is 23.7. The summed E-state index contributed by atoms with van der Waals surface area (Å²) in [7, 11) is 1.55. The minimum absolute atomic E-state index is 0.00991. The molecule has 0 saturated carbocycles. The Bertz CT molecular complexity index is 1270. The van der Waals surface area contributed by atoms with Gasteiger partial charge in [-0.25, -0.2) is 0 Å². The highest BCUT2D eigenvalue weighted by molar-refractivity contribution is 8.26. The fourth-order valence-electron chi connectivity index (χ4n) is 3.60. The molecule has 1 N–H and O–H groups in total. The zero-order valence-electron chi connectivity index (χ0n) is 18.7. The molecular formula is C24H22N4O5S. The number of hydrogen-bond donors (Lipinski definition) is 1. The van der Waals surface area contributed by atoms with Gasteiger partial charge in [0.1, 0.15) is 11.7 Å². The van der Waals surface area contributed by atoms with Crippen LogP contribution in [0.25, 0.3) is 6.08 Å². The Hall–Kier alpha value is -3.79. The molecule has 0 spiro atoms. The summed E-state index contributed by atoms with van der Waals surface area (Å²) in [5.41, 5.74) is 1.78. The van der Waals surface area contributed by atoms with Gasteiger partial charge in [0.25, 0.3) is 5.91 Å². The second-order valence-electron chi connectivity index (χ2n) is 7.65. The lowest BCUT2D eigenvalue weighted by molar-refractivity contribution is -0.114. The largest absolute Gasteiger partial charge is 0.493 e. The number of carbonyl (C=O) groups is 1. The molecule has 3 heterocycles. The summed E-state index contributed by atoms with van der Waals surface area (Å²) < 4.78 is 22.2. The topological polar surface area (TPSA) is 106 Å². The van der Waals surface area contributed by atoms with Gasteiger partial charge in [0.2, 0.25) is 12.0 Å². The van der Waals surface area contributed by atoms with Crippen molar-refractivity contribution in [1.29, 1.82) is 5.41 Å². The van der Waals surface area contributed by atoms with Gasteiger partial charge in [0.05, 0.1) is 12.7 Å². The van der Waals surface area contributed by atoms with Crippen molar-refractivity contribution in [3.63, 3.8) is 0 Å². The highest BCUT2D eigenvalue weighted by Gasteiger charge is 2.35. The van der Waals surface area contributed by atoms with E-state index in [4.69, 9.17) is 24.4 Å². The number of rotatable bonds is 7. The quantitative estimate of drug-likeness (QED) is 0.587. The number of aliphatic imine (C=N–C) groups is 1. The predicted octanol–water partition coefficient (Wildman–Crippen LogP) is 4.42. The molecule has 174 valence electrons. The number of thioether (sulfide) groups is 1. The average Bonchev–Trinajstić information content (AvgIpc) is 3.47. The van der Waals surface area contributed by atoms with Crippen molar-refractivity contribution in [3.8, 4) is 23.0 Å². The maximum Gasteiger partial charge on any atom is 0.283 e. The van der Waals surface area contributed by atoms with Crippen LogP contribution in [-0.2, 0) is 11.4 Å².